The monoisotopic (exact) mass is 535 g/mol. The molecule has 0 amide bonds. The fraction of sp³-hybridized carbons (Fsp3) is 0.211. The predicted octanol–water partition coefficient (Wildman–Crippen LogP) is 11.1. The average molecular weight is 536 g/mol. The van der Waals surface area contributed by atoms with Crippen LogP contribution in [-0.4, -0.2) is 0 Å². The van der Waals surface area contributed by atoms with Crippen molar-refractivity contribution in [3.05, 3.63) is 130 Å². The van der Waals surface area contributed by atoms with Gasteiger partial charge in [0.25, 0.3) is 0 Å². The van der Waals surface area contributed by atoms with E-state index in [1.807, 2.05) is 11.3 Å². The summed E-state index contributed by atoms with van der Waals surface area (Å²) in [4.78, 5) is 2.47. The van der Waals surface area contributed by atoms with Crippen LogP contribution in [0.3, 0.4) is 0 Å². The minimum atomic E-state index is -0.0418. The largest absolute Gasteiger partial charge is 0.310 e. The van der Waals surface area contributed by atoms with Crippen molar-refractivity contribution in [1.82, 2.24) is 0 Å². The minimum Gasteiger partial charge on any atom is -0.310 e. The van der Waals surface area contributed by atoms with Gasteiger partial charge in [-0.3, -0.25) is 0 Å². The summed E-state index contributed by atoms with van der Waals surface area (Å²) < 4.78 is 1.32. The molecule has 0 atom stereocenters. The fourth-order valence-electron chi connectivity index (χ4n) is 7.45. The van der Waals surface area contributed by atoms with Crippen molar-refractivity contribution in [3.8, 4) is 11.1 Å². The Bertz CT molecular complexity index is 1910. The summed E-state index contributed by atoms with van der Waals surface area (Å²) in [5.41, 5.74) is 14.9. The van der Waals surface area contributed by atoms with Crippen LogP contribution < -0.4 is 4.90 Å². The third kappa shape index (κ3) is 3.26. The maximum atomic E-state index is 2.47. The van der Waals surface area contributed by atoms with Gasteiger partial charge in [0, 0.05) is 32.6 Å². The van der Waals surface area contributed by atoms with E-state index in [1.54, 1.807) is 0 Å². The van der Waals surface area contributed by atoms with Gasteiger partial charge in [-0.1, -0.05) is 82.3 Å². The molecule has 40 heavy (non-hydrogen) atoms. The molecule has 0 saturated carbocycles. The molecule has 196 valence electrons. The molecule has 1 heterocycles. The zero-order valence-corrected chi connectivity index (χ0v) is 24.4. The first-order chi connectivity index (χ1) is 19.3. The third-order valence-electron chi connectivity index (χ3n) is 9.58. The summed E-state index contributed by atoms with van der Waals surface area (Å²) in [7, 11) is 0. The van der Waals surface area contributed by atoms with Crippen molar-refractivity contribution in [3.63, 3.8) is 0 Å². The summed E-state index contributed by atoms with van der Waals surface area (Å²) in [5, 5.41) is 3.49. The number of nitrogens with zero attached hydrogens (tertiary/aromatic N) is 1. The van der Waals surface area contributed by atoms with Gasteiger partial charge in [0.05, 0.1) is 0 Å². The van der Waals surface area contributed by atoms with Gasteiger partial charge in [0.15, 0.2) is 0 Å². The Labute approximate surface area is 241 Å². The molecule has 0 aliphatic heterocycles. The van der Waals surface area contributed by atoms with Crippen molar-refractivity contribution in [1.29, 1.82) is 0 Å². The van der Waals surface area contributed by atoms with Crippen LogP contribution in [0.25, 0.3) is 26.8 Å². The van der Waals surface area contributed by atoms with E-state index in [9.17, 15) is 0 Å². The highest BCUT2D eigenvalue weighted by Crippen LogP contribution is 2.54. The lowest BCUT2D eigenvalue weighted by atomic mass is 9.80. The highest BCUT2D eigenvalue weighted by molar-refractivity contribution is 7.17. The number of rotatable bonds is 3. The Balaban J connectivity index is 1.34. The van der Waals surface area contributed by atoms with Crippen molar-refractivity contribution >= 4 is 44.1 Å². The predicted molar refractivity (Wildman–Crippen MR) is 172 cm³/mol. The zero-order chi connectivity index (χ0) is 27.2. The third-order valence-corrected chi connectivity index (χ3v) is 10.5. The van der Waals surface area contributed by atoms with E-state index in [-0.39, 0.29) is 10.8 Å². The molecule has 3 aliphatic rings. The minimum absolute atomic E-state index is 0.00252. The van der Waals surface area contributed by atoms with Crippen molar-refractivity contribution in [2.75, 3.05) is 4.90 Å². The van der Waals surface area contributed by atoms with Gasteiger partial charge in [-0.25, -0.2) is 0 Å². The lowest BCUT2D eigenvalue weighted by molar-refractivity contribution is 0.654. The number of allylic oxidation sites excluding steroid dienone is 4. The summed E-state index contributed by atoms with van der Waals surface area (Å²) in [6, 6.07) is 32.3. The summed E-state index contributed by atoms with van der Waals surface area (Å²) >= 11 is 1.81. The average Bonchev–Trinajstić information content (AvgIpc) is 3.60. The summed E-state index contributed by atoms with van der Waals surface area (Å²) in [5.74, 6) is 0. The molecule has 4 aromatic carbocycles. The van der Waals surface area contributed by atoms with Gasteiger partial charge in [-0.05, 0) is 111 Å². The molecule has 1 nitrogen and oxygen atoms in total. The molecule has 3 aliphatic carbocycles. The fourth-order valence-corrected chi connectivity index (χ4v) is 8.27. The standard InChI is InChI=1S/C38H33NS/c1-37(2)32-11-7-5-9-28(32)30-17-15-25(21-34(30)37)39(27-14-13-24-19-20-40-36(24)23-27)26-16-18-31-29-10-6-8-12-33(29)38(3,4)35(31)22-26/h5,7,9-23H,6,8H2,1-4H3. The van der Waals surface area contributed by atoms with Crippen LogP contribution in [0, 0.1) is 0 Å². The molecule has 8 rings (SSSR count). The van der Waals surface area contributed by atoms with Crippen LogP contribution in [0.4, 0.5) is 17.1 Å². The van der Waals surface area contributed by atoms with E-state index in [1.165, 1.54) is 71.7 Å². The topological polar surface area (TPSA) is 3.24 Å². The van der Waals surface area contributed by atoms with Crippen LogP contribution in [0.15, 0.2) is 108 Å². The van der Waals surface area contributed by atoms with Gasteiger partial charge in [0.1, 0.15) is 0 Å². The van der Waals surface area contributed by atoms with E-state index < -0.39 is 0 Å². The number of thiophene rings is 1. The molecule has 0 saturated heterocycles. The first kappa shape index (κ1) is 24.0. The lowest BCUT2D eigenvalue weighted by Crippen LogP contribution is -2.18. The Hall–Kier alpha value is -3.88. The van der Waals surface area contributed by atoms with Gasteiger partial charge in [-0.2, -0.15) is 0 Å². The normalized spacial score (nSPS) is 17.5. The second-order valence-electron chi connectivity index (χ2n) is 12.5. The Morgan fingerprint density at radius 2 is 1.25 bits per heavy atom. The molecule has 0 radical (unpaired) electrons. The molecule has 5 aromatic rings. The van der Waals surface area contributed by atoms with Gasteiger partial charge >= 0.3 is 0 Å². The van der Waals surface area contributed by atoms with Crippen LogP contribution in [0.1, 0.15) is 62.8 Å². The lowest BCUT2D eigenvalue weighted by Gasteiger charge is -2.29. The maximum absolute atomic E-state index is 2.47. The van der Waals surface area contributed by atoms with Crippen molar-refractivity contribution in [2.24, 2.45) is 0 Å². The van der Waals surface area contributed by atoms with Crippen molar-refractivity contribution < 1.29 is 0 Å². The molecule has 1 aromatic heterocycles. The van der Waals surface area contributed by atoms with Crippen LogP contribution in [0.2, 0.25) is 0 Å². The Kier molecular flexibility index (Phi) is 4.98. The number of benzene rings is 4. The van der Waals surface area contributed by atoms with E-state index in [0.717, 1.165) is 12.8 Å². The number of hydrogen-bond donors (Lipinski definition) is 0. The van der Waals surface area contributed by atoms with E-state index in [0.29, 0.717) is 0 Å². The highest BCUT2D eigenvalue weighted by Gasteiger charge is 2.39. The number of fused-ring (bicyclic) bond motifs is 7. The molecule has 0 spiro atoms. The maximum Gasteiger partial charge on any atom is 0.0476 e. The summed E-state index contributed by atoms with van der Waals surface area (Å²) in [6.07, 6.45) is 7.20. The van der Waals surface area contributed by atoms with Gasteiger partial charge < -0.3 is 4.90 Å². The SMILES string of the molecule is CC1(C)C2=CCCC=C2c2ccc(N(c3ccc4c(c3)C(C)(C)c3ccccc3-4)c3ccc4ccsc4c3)cc21. The molecule has 0 N–H and O–H groups in total. The second kappa shape index (κ2) is 8.32. The molecular formula is C38H33NS. The molecule has 0 fully saturated rings. The molecule has 0 bridgehead atoms. The summed E-state index contributed by atoms with van der Waals surface area (Å²) in [6.45, 7) is 9.52. The quantitative estimate of drug-likeness (QED) is 0.222. The first-order valence-electron chi connectivity index (χ1n) is 14.4. The van der Waals surface area contributed by atoms with Gasteiger partial charge in [-0.15, -0.1) is 11.3 Å². The molecule has 2 heteroatoms. The van der Waals surface area contributed by atoms with Crippen LogP contribution in [0.5, 0.6) is 0 Å². The van der Waals surface area contributed by atoms with Crippen LogP contribution >= 0.6 is 11.3 Å². The highest BCUT2D eigenvalue weighted by atomic mass is 32.1. The number of hydrogen-bond acceptors (Lipinski definition) is 2. The number of anilines is 3. The Morgan fingerprint density at radius 1 is 0.600 bits per heavy atom. The van der Waals surface area contributed by atoms with Crippen LogP contribution in [-0.2, 0) is 10.8 Å². The van der Waals surface area contributed by atoms with E-state index in [2.05, 4.69) is 135 Å². The first-order valence-corrected chi connectivity index (χ1v) is 15.3. The molecular weight excluding hydrogens is 502 g/mol. The molecule has 0 unspecified atom stereocenters. The zero-order valence-electron chi connectivity index (χ0n) is 23.6. The second-order valence-corrected chi connectivity index (χ2v) is 13.5. The van der Waals surface area contributed by atoms with E-state index in [4.69, 9.17) is 0 Å². The van der Waals surface area contributed by atoms with E-state index >= 15 is 0 Å². The smallest absolute Gasteiger partial charge is 0.0476 e. The Morgan fingerprint density at radius 3 is 2.08 bits per heavy atom. The van der Waals surface area contributed by atoms with Gasteiger partial charge in [0.2, 0.25) is 0 Å². The van der Waals surface area contributed by atoms with Crippen molar-refractivity contribution in [2.45, 2.75) is 51.4 Å².